The summed E-state index contributed by atoms with van der Waals surface area (Å²) >= 11 is 0. The fraction of sp³-hybridized carbons (Fsp3) is 0.923. The van der Waals surface area contributed by atoms with E-state index < -0.39 is 0 Å². The highest BCUT2D eigenvalue weighted by Crippen LogP contribution is 2.28. The molecule has 2 bridgehead atoms. The second-order valence-corrected chi connectivity index (χ2v) is 5.52. The molecule has 0 aromatic carbocycles. The van der Waals surface area contributed by atoms with Crippen LogP contribution in [0.5, 0.6) is 0 Å². The minimum Gasteiger partial charge on any atom is -0.383 e. The second-order valence-electron chi connectivity index (χ2n) is 5.52. The molecule has 2 saturated heterocycles. The van der Waals surface area contributed by atoms with Gasteiger partial charge in [0.2, 0.25) is 5.91 Å². The largest absolute Gasteiger partial charge is 0.383 e. The van der Waals surface area contributed by atoms with Gasteiger partial charge in [-0.05, 0) is 32.7 Å². The Kier molecular flexibility index (Phi) is 4.97. The Labute approximate surface area is 109 Å². The van der Waals surface area contributed by atoms with Gasteiger partial charge in [0.1, 0.15) is 0 Å². The van der Waals surface area contributed by atoms with Crippen molar-refractivity contribution in [2.45, 2.75) is 43.8 Å². The Balaban J connectivity index is 1.70. The molecule has 5 heteroatoms. The molecule has 0 saturated carbocycles. The SMILES string of the molecule is COCCNC(=O)CN(C)C1CC2CCC(C1)N2. The van der Waals surface area contributed by atoms with Gasteiger partial charge in [0, 0.05) is 31.8 Å². The minimum atomic E-state index is 0.0976. The number of rotatable bonds is 6. The quantitative estimate of drug-likeness (QED) is 0.654. The van der Waals surface area contributed by atoms with Gasteiger partial charge >= 0.3 is 0 Å². The first-order valence-electron chi connectivity index (χ1n) is 6.91. The number of nitrogens with zero attached hydrogens (tertiary/aromatic N) is 1. The van der Waals surface area contributed by atoms with Crippen molar-refractivity contribution in [3.63, 3.8) is 0 Å². The fourth-order valence-corrected chi connectivity index (χ4v) is 3.09. The summed E-state index contributed by atoms with van der Waals surface area (Å²) in [6, 6.07) is 1.90. The molecule has 5 nitrogen and oxygen atoms in total. The van der Waals surface area contributed by atoms with Crippen LogP contribution >= 0.6 is 0 Å². The van der Waals surface area contributed by atoms with Crippen LogP contribution in [0.2, 0.25) is 0 Å². The van der Waals surface area contributed by atoms with Crippen LogP contribution in [0.4, 0.5) is 0 Å². The number of fused-ring (bicyclic) bond motifs is 2. The van der Waals surface area contributed by atoms with Gasteiger partial charge in [-0.25, -0.2) is 0 Å². The maximum Gasteiger partial charge on any atom is 0.234 e. The van der Waals surface area contributed by atoms with E-state index in [1.54, 1.807) is 7.11 Å². The molecule has 2 fully saturated rings. The highest BCUT2D eigenvalue weighted by molar-refractivity contribution is 5.77. The first kappa shape index (κ1) is 13.8. The van der Waals surface area contributed by atoms with Crippen LogP contribution in [0.25, 0.3) is 0 Å². The highest BCUT2D eigenvalue weighted by atomic mass is 16.5. The lowest BCUT2D eigenvalue weighted by molar-refractivity contribution is -0.122. The van der Waals surface area contributed by atoms with Crippen LogP contribution in [0.1, 0.15) is 25.7 Å². The third-order valence-electron chi connectivity index (χ3n) is 4.09. The van der Waals surface area contributed by atoms with Gasteiger partial charge in [-0.1, -0.05) is 0 Å². The predicted octanol–water partition coefficient (Wildman–Crippen LogP) is -0.0362. The highest BCUT2D eigenvalue weighted by Gasteiger charge is 2.35. The maximum absolute atomic E-state index is 11.7. The van der Waals surface area contributed by atoms with E-state index in [2.05, 4.69) is 22.6 Å². The molecule has 0 aromatic heterocycles. The van der Waals surface area contributed by atoms with Gasteiger partial charge in [-0.3, -0.25) is 9.69 Å². The number of piperidine rings is 1. The average Bonchev–Trinajstić information content (AvgIpc) is 2.68. The van der Waals surface area contributed by atoms with E-state index >= 15 is 0 Å². The van der Waals surface area contributed by atoms with Gasteiger partial charge in [-0.2, -0.15) is 0 Å². The van der Waals surface area contributed by atoms with Crippen molar-refractivity contribution in [3.05, 3.63) is 0 Å². The molecule has 2 N–H and O–H groups in total. The molecule has 2 heterocycles. The van der Waals surface area contributed by atoms with Gasteiger partial charge in [0.05, 0.1) is 13.2 Å². The monoisotopic (exact) mass is 255 g/mol. The number of methoxy groups -OCH3 is 1. The zero-order valence-electron chi connectivity index (χ0n) is 11.4. The van der Waals surface area contributed by atoms with Crippen LogP contribution in [0.3, 0.4) is 0 Å². The molecule has 2 atom stereocenters. The molecule has 2 rings (SSSR count). The van der Waals surface area contributed by atoms with Crippen LogP contribution in [0.15, 0.2) is 0 Å². The molecule has 0 aromatic rings. The Morgan fingerprint density at radius 1 is 1.39 bits per heavy atom. The summed E-state index contributed by atoms with van der Waals surface area (Å²) in [6.45, 7) is 1.67. The molecule has 2 aliphatic rings. The predicted molar refractivity (Wildman–Crippen MR) is 70.5 cm³/mol. The summed E-state index contributed by atoms with van der Waals surface area (Å²) in [5.74, 6) is 0.0976. The maximum atomic E-state index is 11.7. The number of carbonyl (C=O) groups excluding carboxylic acids is 1. The van der Waals surface area contributed by atoms with Gasteiger partial charge in [-0.15, -0.1) is 0 Å². The van der Waals surface area contributed by atoms with Gasteiger partial charge < -0.3 is 15.4 Å². The summed E-state index contributed by atoms with van der Waals surface area (Å²) in [4.78, 5) is 13.9. The first-order chi connectivity index (χ1) is 8.69. The summed E-state index contributed by atoms with van der Waals surface area (Å²) in [5.41, 5.74) is 0. The third-order valence-corrected chi connectivity index (χ3v) is 4.09. The number of hydrogen-bond acceptors (Lipinski definition) is 4. The third kappa shape index (κ3) is 3.67. The Morgan fingerprint density at radius 2 is 2.06 bits per heavy atom. The molecule has 2 unspecified atom stereocenters. The number of ether oxygens (including phenoxy) is 1. The molecule has 0 spiro atoms. The van der Waals surface area contributed by atoms with E-state index in [1.165, 1.54) is 25.7 Å². The standard InChI is InChI=1S/C13H25N3O2/c1-16(9-13(17)14-5-6-18-2)12-7-10-3-4-11(8-12)15-10/h10-12,15H,3-9H2,1-2H3,(H,14,17). The van der Waals surface area contributed by atoms with E-state index in [0.717, 1.165) is 0 Å². The smallest absolute Gasteiger partial charge is 0.234 e. The molecule has 104 valence electrons. The molecule has 0 aliphatic carbocycles. The summed E-state index contributed by atoms with van der Waals surface area (Å²) in [6.07, 6.45) is 4.96. The Hall–Kier alpha value is -0.650. The minimum absolute atomic E-state index is 0.0976. The lowest BCUT2D eigenvalue weighted by Gasteiger charge is -2.35. The number of amides is 1. The van der Waals surface area contributed by atoms with Gasteiger partial charge in [0.15, 0.2) is 0 Å². The molecule has 2 aliphatic heterocycles. The van der Waals surface area contributed by atoms with Crippen molar-refractivity contribution in [2.75, 3.05) is 33.9 Å². The lowest BCUT2D eigenvalue weighted by atomic mass is 9.98. The molecular formula is C13H25N3O2. The average molecular weight is 255 g/mol. The van der Waals surface area contributed by atoms with E-state index in [4.69, 9.17) is 4.74 Å². The van der Waals surface area contributed by atoms with Crippen LogP contribution in [-0.2, 0) is 9.53 Å². The van der Waals surface area contributed by atoms with Crippen molar-refractivity contribution in [1.29, 1.82) is 0 Å². The van der Waals surface area contributed by atoms with Crippen molar-refractivity contribution >= 4 is 5.91 Å². The van der Waals surface area contributed by atoms with Crippen molar-refractivity contribution < 1.29 is 9.53 Å². The van der Waals surface area contributed by atoms with E-state index in [1.807, 2.05) is 0 Å². The van der Waals surface area contributed by atoms with Crippen molar-refractivity contribution in [2.24, 2.45) is 0 Å². The van der Waals surface area contributed by atoms with E-state index in [9.17, 15) is 4.79 Å². The molecular weight excluding hydrogens is 230 g/mol. The van der Waals surface area contributed by atoms with Crippen LogP contribution in [0, 0.1) is 0 Å². The molecule has 0 radical (unpaired) electrons. The Morgan fingerprint density at radius 3 is 2.67 bits per heavy atom. The zero-order valence-corrected chi connectivity index (χ0v) is 11.4. The second kappa shape index (κ2) is 6.50. The lowest BCUT2D eigenvalue weighted by Crippen LogP contribution is -2.49. The van der Waals surface area contributed by atoms with E-state index in [0.29, 0.717) is 37.8 Å². The summed E-state index contributed by atoms with van der Waals surface area (Å²) < 4.78 is 4.91. The first-order valence-corrected chi connectivity index (χ1v) is 6.91. The number of likely N-dealkylation sites (N-methyl/N-ethyl adjacent to an activating group) is 1. The van der Waals surface area contributed by atoms with Crippen molar-refractivity contribution in [1.82, 2.24) is 15.5 Å². The molecule has 18 heavy (non-hydrogen) atoms. The fourth-order valence-electron chi connectivity index (χ4n) is 3.09. The summed E-state index contributed by atoms with van der Waals surface area (Å²) in [7, 11) is 3.70. The number of hydrogen-bond donors (Lipinski definition) is 2. The van der Waals surface area contributed by atoms with E-state index in [-0.39, 0.29) is 5.91 Å². The summed E-state index contributed by atoms with van der Waals surface area (Å²) in [5, 5.41) is 6.50. The van der Waals surface area contributed by atoms with Gasteiger partial charge in [0.25, 0.3) is 0 Å². The zero-order chi connectivity index (χ0) is 13.0. The number of nitrogens with one attached hydrogen (secondary N) is 2. The number of carbonyl (C=O) groups is 1. The van der Waals surface area contributed by atoms with Crippen LogP contribution in [-0.4, -0.2) is 62.8 Å². The van der Waals surface area contributed by atoms with Crippen molar-refractivity contribution in [3.8, 4) is 0 Å². The normalized spacial score (nSPS) is 30.7. The van der Waals surface area contributed by atoms with Crippen LogP contribution < -0.4 is 10.6 Å². The topological polar surface area (TPSA) is 53.6 Å². The Bertz CT molecular complexity index is 273. The molecule has 1 amide bonds.